The summed E-state index contributed by atoms with van der Waals surface area (Å²) in [5.41, 5.74) is 5.48. The van der Waals surface area contributed by atoms with E-state index in [2.05, 4.69) is 0 Å². The third kappa shape index (κ3) is 6.02. The maximum atomic E-state index is 12.5. The summed E-state index contributed by atoms with van der Waals surface area (Å²) < 4.78 is 6.78. The number of aryl methyl sites for hydroxylation is 1. The molecule has 7 N–H and O–H groups in total. The molecule has 0 fully saturated rings. The van der Waals surface area contributed by atoms with Gasteiger partial charge in [-0.05, 0) is 45.2 Å². The fraction of sp³-hybridized carbons (Fsp3) is 0.524. The first-order chi connectivity index (χ1) is 14.3. The Bertz CT molecular complexity index is 920. The fourth-order valence-electron chi connectivity index (χ4n) is 3.17. The van der Waals surface area contributed by atoms with E-state index >= 15 is 0 Å². The molecule has 1 amide bonds. The van der Waals surface area contributed by atoms with Crippen LogP contribution in [0.1, 0.15) is 32.8 Å². The Hall–Kier alpha value is -2.50. The number of aromatic nitrogens is 1. The van der Waals surface area contributed by atoms with Gasteiger partial charge in [-0.3, -0.25) is 9.36 Å². The van der Waals surface area contributed by atoms with E-state index in [0.717, 1.165) is 5.39 Å². The van der Waals surface area contributed by atoms with Crippen LogP contribution in [0.3, 0.4) is 0 Å². The SMILES string of the molecule is CC(C)(C)OC(=O)n1cc(CCC(O)[C@@H](O)[C@@H](O)[C@H](O)[C@H](O)C(N)=O)c2ccccc21. The van der Waals surface area contributed by atoms with Gasteiger partial charge in [-0.15, -0.1) is 0 Å². The van der Waals surface area contributed by atoms with Gasteiger partial charge in [0.2, 0.25) is 5.91 Å². The zero-order valence-corrected chi connectivity index (χ0v) is 17.7. The van der Waals surface area contributed by atoms with Gasteiger partial charge in [-0.2, -0.15) is 0 Å². The topological polar surface area (TPSA) is 175 Å². The molecule has 0 aliphatic heterocycles. The summed E-state index contributed by atoms with van der Waals surface area (Å²) in [7, 11) is 0. The van der Waals surface area contributed by atoms with E-state index in [0.29, 0.717) is 11.1 Å². The number of carbonyl (C=O) groups is 2. The van der Waals surface area contributed by atoms with Gasteiger partial charge in [0.1, 0.15) is 23.9 Å². The number of rotatable bonds is 8. The zero-order chi connectivity index (χ0) is 23.5. The summed E-state index contributed by atoms with van der Waals surface area (Å²) >= 11 is 0. The molecule has 1 unspecified atom stereocenters. The third-order valence-corrected chi connectivity index (χ3v) is 4.80. The third-order valence-electron chi connectivity index (χ3n) is 4.80. The van der Waals surface area contributed by atoms with Gasteiger partial charge in [-0.1, -0.05) is 18.2 Å². The van der Waals surface area contributed by atoms with Crippen molar-refractivity contribution < 1.29 is 39.9 Å². The molecule has 0 spiro atoms. The van der Waals surface area contributed by atoms with Crippen molar-refractivity contribution in [3.05, 3.63) is 36.0 Å². The van der Waals surface area contributed by atoms with Crippen LogP contribution in [0.4, 0.5) is 4.79 Å². The minimum absolute atomic E-state index is 0.0417. The molecule has 1 heterocycles. The molecule has 1 aromatic heterocycles. The van der Waals surface area contributed by atoms with Crippen LogP contribution in [0.25, 0.3) is 10.9 Å². The highest BCUT2D eigenvalue weighted by Crippen LogP contribution is 2.25. The first kappa shape index (κ1) is 24.8. The summed E-state index contributed by atoms with van der Waals surface area (Å²) in [6.45, 7) is 5.26. The van der Waals surface area contributed by atoms with Crippen molar-refractivity contribution in [2.24, 2.45) is 5.73 Å². The molecular weight excluding hydrogens is 408 g/mol. The van der Waals surface area contributed by atoms with E-state index < -0.39 is 48.1 Å². The van der Waals surface area contributed by atoms with Crippen molar-refractivity contribution in [1.29, 1.82) is 0 Å². The van der Waals surface area contributed by atoms with E-state index in [-0.39, 0.29) is 12.8 Å². The molecule has 0 aliphatic carbocycles. The Morgan fingerprint density at radius 2 is 1.65 bits per heavy atom. The predicted octanol–water partition coefficient (Wildman–Crippen LogP) is -0.353. The quantitative estimate of drug-likeness (QED) is 0.324. The van der Waals surface area contributed by atoms with Gasteiger partial charge >= 0.3 is 6.09 Å². The van der Waals surface area contributed by atoms with Gasteiger partial charge in [0.05, 0.1) is 11.6 Å². The second-order valence-corrected chi connectivity index (χ2v) is 8.45. The first-order valence-electron chi connectivity index (χ1n) is 9.85. The van der Waals surface area contributed by atoms with E-state index in [4.69, 9.17) is 10.5 Å². The molecule has 1 aromatic carbocycles. The van der Waals surface area contributed by atoms with Crippen LogP contribution in [0.15, 0.2) is 30.5 Å². The normalized spacial score (nSPS) is 17.0. The monoisotopic (exact) mass is 438 g/mol. The van der Waals surface area contributed by atoms with Crippen LogP contribution in [-0.4, -0.2) is 78.2 Å². The maximum Gasteiger partial charge on any atom is 0.419 e. The molecule has 0 radical (unpaired) electrons. The molecule has 0 aliphatic rings. The van der Waals surface area contributed by atoms with Gasteiger partial charge in [0.15, 0.2) is 6.10 Å². The lowest BCUT2D eigenvalue weighted by molar-refractivity contribution is -0.152. The van der Waals surface area contributed by atoms with Crippen molar-refractivity contribution in [3.8, 4) is 0 Å². The number of primary amides is 1. The predicted molar refractivity (Wildman–Crippen MR) is 111 cm³/mol. The lowest BCUT2D eigenvalue weighted by atomic mass is 9.95. The molecule has 10 heteroatoms. The summed E-state index contributed by atoms with van der Waals surface area (Å²) in [5.74, 6) is -1.27. The average molecular weight is 438 g/mol. The Balaban J connectivity index is 2.15. The van der Waals surface area contributed by atoms with Crippen molar-refractivity contribution in [2.45, 2.75) is 69.7 Å². The van der Waals surface area contributed by atoms with Crippen LogP contribution >= 0.6 is 0 Å². The van der Waals surface area contributed by atoms with Gasteiger partial charge < -0.3 is 36.0 Å². The molecule has 2 rings (SSSR count). The first-order valence-corrected chi connectivity index (χ1v) is 9.85. The molecule has 0 bridgehead atoms. The standard InChI is InChI=1S/C21H30N2O8/c1-21(2,3)31-20(30)23-10-11(12-6-4-5-7-13(12)23)8-9-14(24)15(25)16(26)17(27)18(28)19(22)29/h4-7,10,14-18,24-28H,8-9H2,1-3H3,(H2,22,29)/t14?,15-,16-,17+,18+/m1/s1. The number of aliphatic hydroxyl groups excluding tert-OH is 5. The van der Waals surface area contributed by atoms with Crippen LogP contribution in [0.5, 0.6) is 0 Å². The summed E-state index contributed by atoms with van der Waals surface area (Å²) in [6, 6.07) is 7.12. The molecule has 172 valence electrons. The average Bonchev–Trinajstić information content (AvgIpc) is 3.07. The minimum Gasteiger partial charge on any atom is -0.443 e. The van der Waals surface area contributed by atoms with E-state index in [9.17, 15) is 35.1 Å². The fourth-order valence-corrected chi connectivity index (χ4v) is 3.17. The number of hydrogen-bond acceptors (Lipinski definition) is 8. The van der Waals surface area contributed by atoms with Gasteiger partial charge in [-0.25, -0.2) is 4.79 Å². The van der Waals surface area contributed by atoms with Crippen molar-refractivity contribution >= 4 is 22.9 Å². The van der Waals surface area contributed by atoms with Gasteiger partial charge in [0, 0.05) is 11.6 Å². The Morgan fingerprint density at radius 3 is 2.23 bits per heavy atom. The highest BCUT2D eigenvalue weighted by molar-refractivity contribution is 5.92. The van der Waals surface area contributed by atoms with Crippen LogP contribution in [0.2, 0.25) is 0 Å². The van der Waals surface area contributed by atoms with Crippen LogP contribution < -0.4 is 5.73 Å². The van der Waals surface area contributed by atoms with Crippen LogP contribution in [0, 0.1) is 0 Å². The Kier molecular flexibility index (Phi) is 7.79. The number of amides is 1. The highest BCUT2D eigenvalue weighted by atomic mass is 16.6. The molecular formula is C21H30N2O8. The second-order valence-electron chi connectivity index (χ2n) is 8.45. The van der Waals surface area contributed by atoms with Crippen LogP contribution in [-0.2, 0) is 16.0 Å². The zero-order valence-electron chi connectivity index (χ0n) is 17.7. The molecule has 0 saturated carbocycles. The molecule has 2 aromatic rings. The number of aliphatic hydroxyl groups is 5. The number of carbonyl (C=O) groups excluding carboxylic acids is 2. The number of ether oxygens (including phenoxy) is 1. The molecule has 10 nitrogen and oxygen atoms in total. The highest BCUT2D eigenvalue weighted by Gasteiger charge is 2.36. The van der Waals surface area contributed by atoms with E-state index in [1.807, 2.05) is 0 Å². The number of para-hydroxylation sites is 1. The van der Waals surface area contributed by atoms with E-state index in [1.165, 1.54) is 4.57 Å². The molecule has 5 atom stereocenters. The Labute approximate surface area is 179 Å². The number of hydrogen-bond donors (Lipinski definition) is 6. The van der Waals surface area contributed by atoms with Crippen molar-refractivity contribution in [3.63, 3.8) is 0 Å². The largest absolute Gasteiger partial charge is 0.443 e. The maximum absolute atomic E-state index is 12.5. The number of nitrogens with zero attached hydrogens (tertiary/aromatic N) is 1. The van der Waals surface area contributed by atoms with E-state index in [1.54, 1.807) is 51.2 Å². The minimum atomic E-state index is -2.09. The smallest absolute Gasteiger partial charge is 0.419 e. The summed E-state index contributed by atoms with van der Waals surface area (Å²) in [6.07, 6.45) is -8.29. The summed E-state index contributed by atoms with van der Waals surface area (Å²) in [4.78, 5) is 23.5. The number of fused-ring (bicyclic) bond motifs is 1. The van der Waals surface area contributed by atoms with Gasteiger partial charge in [0.25, 0.3) is 0 Å². The number of nitrogens with two attached hydrogens (primary N) is 1. The van der Waals surface area contributed by atoms with Crippen molar-refractivity contribution in [2.75, 3.05) is 0 Å². The second kappa shape index (κ2) is 9.75. The molecule has 31 heavy (non-hydrogen) atoms. The van der Waals surface area contributed by atoms with Crippen molar-refractivity contribution in [1.82, 2.24) is 4.57 Å². The molecule has 0 saturated heterocycles. The number of benzene rings is 1. The lowest BCUT2D eigenvalue weighted by Gasteiger charge is -2.28. The lowest BCUT2D eigenvalue weighted by Crippen LogP contribution is -2.52. The Morgan fingerprint density at radius 1 is 1.03 bits per heavy atom. The summed E-state index contributed by atoms with van der Waals surface area (Å²) in [5, 5.41) is 50.2.